The van der Waals surface area contributed by atoms with Gasteiger partial charge in [0.1, 0.15) is 6.04 Å². The van der Waals surface area contributed by atoms with Gasteiger partial charge in [0.05, 0.1) is 24.6 Å². The van der Waals surface area contributed by atoms with E-state index in [2.05, 4.69) is 14.5 Å². The van der Waals surface area contributed by atoms with Gasteiger partial charge in [-0.2, -0.15) is 24.3 Å². The molecule has 3 rings (SSSR count). The van der Waals surface area contributed by atoms with Crippen molar-refractivity contribution in [1.82, 2.24) is 25.0 Å². The van der Waals surface area contributed by atoms with Crippen LogP contribution >= 0.6 is 0 Å². The maximum atomic E-state index is 11.8. The van der Waals surface area contributed by atoms with Crippen molar-refractivity contribution in [2.45, 2.75) is 6.04 Å². The van der Waals surface area contributed by atoms with Gasteiger partial charge in [0.15, 0.2) is 0 Å². The molecule has 0 spiro atoms. The van der Waals surface area contributed by atoms with Gasteiger partial charge in [-0.05, 0) is 6.08 Å². The van der Waals surface area contributed by atoms with E-state index in [0.717, 1.165) is 0 Å². The molecule has 1 aromatic rings. The average Bonchev–Trinajstić information content (AvgIpc) is 2.92. The Bertz CT molecular complexity index is 644. The minimum atomic E-state index is -4.99. The Morgan fingerprint density at radius 2 is 2.00 bits per heavy atom. The Hall–Kier alpha value is -0.980. The van der Waals surface area contributed by atoms with Crippen molar-refractivity contribution in [2.24, 2.45) is 0 Å². The zero-order valence-electron chi connectivity index (χ0n) is 10.4. The molecule has 2 aliphatic heterocycles. The van der Waals surface area contributed by atoms with E-state index in [9.17, 15) is 17.8 Å². The number of hydroxylamine groups is 2. The predicted molar refractivity (Wildman–Crippen MR) is 57.7 cm³/mol. The molecule has 10 nitrogen and oxygen atoms in total. The smallest absolute Gasteiger partial charge is 0.724 e. The molecule has 0 radical (unpaired) electrons. The second-order valence-electron chi connectivity index (χ2n) is 4.02. The van der Waals surface area contributed by atoms with E-state index in [0.29, 0.717) is 10.8 Å². The molecule has 0 N–H and O–H groups in total. The van der Waals surface area contributed by atoms with Crippen LogP contribution in [0.2, 0.25) is 0 Å². The second-order valence-corrected chi connectivity index (χ2v) is 4.98. The van der Waals surface area contributed by atoms with Gasteiger partial charge in [0.25, 0.3) is 0 Å². The molecule has 0 saturated carbocycles. The summed E-state index contributed by atoms with van der Waals surface area (Å²) in [5.74, 6) is 0. The monoisotopic (exact) mass is 309 g/mol. The molecule has 0 aliphatic carbocycles. The van der Waals surface area contributed by atoms with E-state index < -0.39 is 22.5 Å². The fraction of sp³-hybridized carbons (Fsp3) is 0.375. The van der Waals surface area contributed by atoms with E-state index in [1.807, 2.05) is 0 Å². The fourth-order valence-corrected chi connectivity index (χ4v) is 2.43. The SMILES string of the molecule is O=C1N2CC(n3nccn3)=CC(C2)N1OS(=O)(=O)[O-].[Na+]. The summed E-state index contributed by atoms with van der Waals surface area (Å²) in [7, 11) is -4.99. The molecule has 1 fully saturated rings. The van der Waals surface area contributed by atoms with E-state index in [4.69, 9.17) is 0 Å². The van der Waals surface area contributed by atoms with Gasteiger partial charge < -0.3 is 9.45 Å². The first-order valence-corrected chi connectivity index (χ1v) is 6.58. The summed E-state index contributed by atoms with van der Waals surface area (Å²) >= 11 is 0. The number of aromatic nitrogens is 3. The van der Waals surface area contributed by atoms with Crippen LogP contribution in [0, 0.1) is 0 Å². The number of hydrogen-bond acceptors (Lipinski definition) is 7. The van der Waals surface area contributed by atoms with Gasteiger partial charge in [-0.15, -0.1) is 0 Å². The summed E-state index contributed by atoms with van der Waals surface area (Å²) < 4.78 is 35.9. The van der Waals surface area contributed by atoms with Crippen LogP contribution in [0.4, 0.5) is 4.79 Å². The molecule has 102 valence electrons. The van der Waals surface area contributed by atoms with Crippen molar-refractivity contribution >= 4 is 22.1 Å². The third-order valence-corrected chi connectivity index (χ3v) is 3.10. The molecule has 0 aromatic carbocycles. The number of nitrogens with zero attached hydrogens (tertiary/aromatic N) is 5. The number of hydrogen-bond donors (Lipinski definition) is 0. The minimum absolute atomic E-state index is 0. The van der Waals surface area contributed by atoms with Gasteiger partial charge in [-0.3, -0.25) is 0 Å². The van der Waals surface area contributed by atoms with Crippen molar-refractivity contribution in [3.63, 3.8) is 0 Å². The van der Waals surface area contributed by atoms with E-state index in [-0.39, 0.29) is 42.6 Å². The van der Waals surface area contributed by atoms with Crippen molar-refractivity contribution in [3.05, 3.63) is 18.5 Å². The Balaban J connectivity index is 0.00000147. The summed E-state index contributed by atoms with van der Waals surface area (Å²) in [4.78, 5) is 14.5. The fourth-order valence-electron chi connectivity index (χ4n) is 2.06. The molecular formula is C8H8N5NaO5S. The van der Waals surface area contributed by atoms with Gasteiger partial charge in [0.2, 0.25) is 10.4 Å². The van der Waals surface area contributed by atoms with Gasteiger partial charge in [0, 0.05) is 6.54 Å². The molecule has 12 heteroatoms. The van der Waals surface area contributed by atoms with Crippen LogP contribution in [0.5, 0.6) is 0 Å². The number of amides is 2. The summed E-state index contributed by atoms with van der Waals surface area (Å²) in [5, 5.41) is 8.40. The molecule has 2 bridgehead atoms. The van der Waals surface area contributed by atoms with Crippen LogP contribution in [0.15, 0.2) is 18.5 Å². The first-order chi connectivity index (χ1) is 8.94. The molecule has 1 saturated heterocycles. The first kappa shape index (κ1) is 15.4. The van der Waals surface area contributed by atoms with E-state index in [1.165, 1.54) is 22.1 Å². The molecular weight excluding hydrogens is 301 g/mol. The standard InChI is InChI=1S/C8H9N5O5S.Na/c14-8-11-4-6(12(8)18-19(15,16)17)3-7(5-11)13-9-1-2-10-13;/h1-3,6H,4-5H2,(H,15,16,17);/q;+1/p-1. The first-order valence-electron chi connectivity index (χ1n) is 5.25. The van der Waals surface area contributed by atoms with Gasteiger partial charge >= 0.3 is 35.6 Å². The van der Waals surface area contributed by atoms with E-state index >= 15 is 0 Å². The number of carbonyl (C=O) groups is 1. The number of carbonyl (C=O) groups excluding carboxylic acids is 1. The van der Waals surface area contributed by atoms with Crippen LogP contribution in [-0.2, 0) is 14.7 Å². The average molecular weight is 309 g/mol. The van der Waals surface area contributed by atoms with Crippen LogP contribution in [0.25, 0.3) is 5.70 Å². The predicted octanol–water partition coefficient (Wildman–Crippen LogP) is -4.37. The van der Waals surface area contributed by atoms with Crippen molar-refractivity contribution < 1.29 is 51.6 Å². The van der Waals surface area contributed by atoms with Crippen LogP contribution in [0.3, 0.4) is 0 Å². The van der Waals surface area contributed by atoms with Crippen molar-refractivity contribution in [1.29, 1.82) is 0 Å². The zero-order chi connectivity index (χ0) is 13.6. The molecule has 1 aromatic heterocycles. The quantitative estimate of drug-likeness (QED) is 0.314. The molecule has 1 atom stereocenters. The zero-order valence-corrected chi connectivity index (χ0v) is 13.2. The summed E-state index contributed by atoms with van der Waals surface area (Å²) in [6.07, 6.45) is 4.54. The normalized spacial score (nSPS) is 21.8. The Labute approximate surface area is 136 Å². The second kappa shape index (κ2) is 5.42. The maximum Gasteiger partial charge on any atom is 1.00 e. The topological polar surface area (TPSA) is 121 Å². The van der Waals surface area contributed by atoms with Gasteiger partial charge in [-0.25, -0.2) is 13.2 Å². The Kier molecular flexibility index (Phi) is 4.18. The third kappa shape index (κ3) is 2.87. The number of urea groups is 1. The minimum Gasteiger partial charge on any atom is -0.724 e. The van der Waals surface area contributed by atoms with Gasteiger partial charge in [-0.1, -0.05) is 0 Å². The third-order valence-electron chi connectivity index (χ3n) is 2.75. The molecule has 20 heavy (non-hydrogen) atoms. The summed E-state index contributed by atoms with van der Waals surface area (Å²) in [6, 6.07) is -1.34. The number of fused-ring (bicyclic) bond motifs is 2. The van der Waals surface area contributed by atoms with Crippen molar-refractivity contribution in [2.75, 3.05) is 13.1 Å². The largest absolute Gasteiger partial charge is 1.00 e. The Morgan fingerprint density at radius 3 is 2.60 bits per heavy atom. The van der Waals surface area contributed by atoms with Crippen LogP contribution in [0.1, 0.15) is 0 Å². The Morgan fingerprint density at radius 1 is 1.35 bits per heavy atom. The number of rotatable bonds is 3. The van der Waals surface area contributed by atoms with Crippen LogP contribution < -0.4 is 29.6 Å². The maximum absolute atomic E-state index is 11.8. The molecule has 2 aliphatic rings. The van der Waals surface area contributed by atoms with Crippen molar-refractivity contribution in [3.8, 4) is 0 Å². The molecule has 3 heterocycles. The summed E-state index contributed by atoms with van der Waals surface area (Å²) in [6.45, 7) is 0.460. The van der Waals surface area contributed by atoms with Crippen LogP contribution in [-0.4, -0.2) is 63.1 Å². The summed E-state index contributed by atoms with van der Waals surface area (Å²) in [5.41, 5.74) is 0.601. The van der Waals surface area contributed by atoms with E-state index in [1.54, 1.807) is 6.08 Å². The molecule has 2 amide bonds. The molecule has 1 unspecified atom stereocenters.